The van der Waals surface area contributed by atoms with Gasteiger partial charge in [-0.2, -0.15) is 16.7 Å². The Hall–Kier alpha value is -1.04. The van der Waals surface area contributed by atoms with Crippen LogP contribution in [0.5, 0.6) is 0 Å². The Morgan fingerprint density at radius 2 is 2.07 bits per heavy atom. The Labute approximate surface area is 94.5 Å². The molecule has 0 radical (unpaired) electrons. The largest absolute Gasteiger partial charge is 0.353 e. The summed E-state index contributed by atoms with van der Waals surface area (Å²) in [5.74, 6) is 2.28. The SMILES string of the molecule is CSCCNc1ncnc(NC(C)C)n1. The number of rotatable bonds is 6. The average molecular weight is 227 g/mol. The first kappa shape index (κ1) is 12.0. The van der Waals surface area contributed by atoms with Gasteiger partial charge in [-0.25, -0.2) is 9.97 Å². The van der Waals surface area contributed by atoms with Gasteiger partial charge in [-0.05, 0) is 20.1 Å². The fourth-order valence-electron chi connectivity index (χ4n) is 0.974. The van der Waals surface area contributed by atoms with Gasteiger partial charge < -0.3 is 10.6 Å². The minimum atomic E-state index is 0.325. The van der Waals surface area contributed by atoms with Gasteiger partial charge in [0.1, 0.15) is 6.33 Å². The van der Waals surface area contributed by atoms with E-state index in [2.05, 4.69) is 31.8 Å². The molecule has 2 N–H and O–H groups in total. The van der Waals surface area contributed by atoms with Gasteiger partial charge in [0.15, 0.2) is 0 Å². The van der Waals surface area contributed by atoms with Crippen LogP contribution in [0.4, 0.5) is 11.9 Å². The number of nitrogens with zero attached hydrogens (tertiary/aromatic N) is 3. The Bertz CT molecular complexity index is 292. The molecule has 0 aliphatic heterocycles. The second kappa shape index (κ2) is 6.44. The minimum Gasteiger partial charge on any atom is -0.353 e. The van der Waals surface area contributed by atoms with Crippen LogP contribution in [0, 0.1) is 0 Å². The van der Waals surface area contributed by atoms with E-state index in [1.165, 1.54) is 6.33 Å². The molecule has 0 unspecified atom stereocenters. The van der Waals surface area contributed by atoms with Gasteiger partial charge in [0.05, 0.1) is 0 Å². The monoisotopic (exact) mass is 227 g/mol. The lowest BCUT2D eigenvalue weighted by Crippen LogP contribution is -2.14. The molecule has 15 heavy (non-hydrogen) atoms. The predicted octanol–water partition coefficient (Wildman–Crippen LogP) is 1.47. The molecule has 5 nitrogen and oxygen atoms in total. The smallest absolute Gasteiger partial charge is 0.227 e. The third kappa shape index (κ3) is 4.83. The van der Waals surface area contributed by atoms with Gasteiger partial charge in [0, 0.05) is 18.3 Å². The third-order valence-electron chi connectivity index (χ3n) is 1.58. The van der Waals surface area contributed by atoms with Gasteiger partial charge in [-0.15, -0.1) is 0 Å². The molecule has 0 fully saturated rings. The van der Waals surface area contributed by atoms with Crippen molar-refractivity contribution in [2.75, 3.05) is 29.2 Å². The van der Waals surface area contributed by atoms with E-state index in [4.69, 9.17) is 0 Å². The molecule has 0 atom stereocenters. The van der Waals surface area contributed by atoms with Crippen molar-refractivity contribution in [3.63, 3.8) is 0 Å². The van der Waals surface area contributed by atoms with Gasteiger partial charge in [0.25, 0.3) is 0 Å². The van der Waals surface area contributed by atoms with Crippen LogP contribution in [0.15, 0.2) is 6.33 Å². The maximum Gasteiger partial charge on any atom is 0.227 e. The van der Waals surface area contributed by atoms with E-state index in [1.54, 1.807) is 11.8 Å². The standard InChI is InChI=1S/C9H17N5S/c1-7(2)13-9-12-6-11-8(14-9)10-4-5-15-3/h6-7H,4-5H2,1-3H3,(H2,10,11,12,13,14). The summed E-state index contributed by atoms with van der Waals surface area (Å²) in [5, 5.41) is 6.26. The molecule has 0 spiro atoms. The highest BCUT2D eigenvalue weighted by molar-refractivity contribution is 7.98. The van der Waals surface area contributed by atoms with Crippen LogP contribution in [0.25, 0.3) is 0 Å². The first-order chi connectivity index (χ1) is 7.22. The maximum atomic E-state index is 4.23. The van der Waals surface area contributed by atoms with Crippen molar-refractivity contribution in [1.29, 1.82) is 0 Å². The molecule has 1 rings (SSSR count). The highest BCUT2D eigenvalue weighted by Crippen LogP contribution is 2.03. The van der Waals surface area contributed by atoms with E-state index >= 15 is 0 Å². The fourth-order valence-corrected chi connectivity index (χ4v) is 1.28. The summed E-state index contributed by atoms with van der Waals surface area (Å²) in [4.78, 5) is 12.3. The molecule has 6 heteroatoms. The zero-order valence-electron chi connectivity index (χ0n) is 9.32. The van der Waals surface area contributed by atoms with E-state index in [1.807, 2.05) is 13.8 Å². The minimum absolute atomic E-state index is 0.325. The van der Waals surface area contributed by atoms with Crippen molar-refractivity contribution in [3.8, 4) is 0 Å². The summed E-state index contributed by atoms with van der Waals surface area (Å²) >= 11 is 1.79. The van der Waals surface area contributed by atoms with Gasteiger partial charge >= 0.3 is 0 Å². The van der Waals surface area contributed by atoms with Crippen molar-refractivity contribution in [2.45, 2.75) is 19.9 Å². The number of aromatic nitrogens is 3. The fraction of sp³-hybridized carbons (Fsp3) is 0.667. The first-order valence-electron chi connectivity index (χ1n) is 4.90. The lowest BCUT2D eigenvalue weighted by molar-refractivity contribution is 0.866. The predicted molar refractivity (Wildman–Crippen MR) is 65.5 cm³/mol. The Balaban J connectivity index is 2.50. The lowest BCUT2D eigenvalue weighted by Gasteiger charge is -2.08. The molecule has 0 aromatic carbocycles. The number of hydrogen-bond donors (Lipinski definition) is 2. The normalized spacial score (nSPS) is 10.4. The molecule has 1 aromatic rings. The van der Waals surface area contributed by atoms with E-state index < -0.39 is 0 Å². The summed E-state index contributed by atoms with van der Waals surface area (Å²) in [6.45, 7) is 4.96. The number of anilines is 2. The molecule has 0 saturated carbocycles. The third-order valence-corrected chi connectivity index (χ3v) is 2.19. The van der Waals surface area contributed by atoms with Crippen LogP contribution in [-0.2, 0) is 0 Å². The van der Waals surface area contributed by atoms with Crippen LogP contribution in [0.1, 0.15) is 13.8 Å². The molecular weight excluding hydrogens is 210 g/mol. The van der Waals surface area contributed by atoms with Crippen molar-refractivity contribution in [3.05, 3.63) is 6.33 Å². The molecule has 1 aromatic heterocycles. The summed E-state index contributed by atoms with van der Waals surface area (Å²) in [5.41, 5.74) is 0. The van der Waals surface area contributed by atoms with Crippen LogP contribution >= 0.6 is 11.8 Å². The molecule has 0 saturated heterocycles. The summed E-state index contributed by atoms with van der Waals surface area (Å²) < 4.78 is 0. The highest BCUT2D eigenvalue weighted by atomic mass is 32.2. The van der Waals surface area contributed by atoms with Gasteiger partial charge in [0.2, 0.25) is 11.9 Å². The van der Waals surface area contributed by atoms with Crippen molar-refractivity contribution in [1.82, 2.24) is 15.0 Å². The zero-order valence-corrected chi connectivity index (χ0v) is 10.1. The first-order valence-corrected chi connectivity index (χ1v) is 6.30. The zero-order chi connectivity index (χ0) is 11.1. The van der Waals surface area contributed by atoms with Gasteiger partial charge in [-0.1, -0.05) is 0 Å². The van der Waals surface area contributed by atoms with Crippen molar-refractivity contribution in [2.24, 2.45) is 0 Å². The van der Waals surface area contributed by atoms with Crippen LogP contribution < -0.4 is 10.6 Å². The quantitative estimate of drug-likeness (QED) is 0.718. The summed E-state index contributed by atoms with van der Waals surface area (Å²) in [6, 6.07) is 0.325. The van der Waals surface area contributed by atoms with Gasteiger partial charge in [-0.3, -0.25) is 0 Å². The molecular formula is C9H17N5S. The van der Waals surface area contributed by atoms with E-state index in [9.17, 15) is 0 Å². The van der Waals surface area contributed by atoms with Crippen LogP contribution in [0.3, 0.4) is 0 Å². The summed E-state index contributed by atoms with van der Waals surface area (Å²) in [7, 11) is 0. The Kier molecular flexibility index (Phi) is 5.17. The maximum absolute atomic E-state index is 4.23. The molecule has 0 amide bonds. The van der Waals surface area contributed by atoms with Crippen molar-refractivity contribution < 1.29 is 0 Å². The summed E-state index contributed by atoms with van der Waals surface area (Å²) in [6.07, 6.45) is 3.58. The molecule has 0 aliphatic rings. The van der Waals surface area contributed by atoms with E-state index in [0.29, 0.717) is 17.9 Å². The Morgan fingerprint density at radius 1 is 1.33 bits per heavy atom. The van der Waals surface area contributed by atoms with Crippen LogP contribution in [-0.4, -0.2) is 39.5 Å². The molecule has 84 valence electrons. The molecule has 0 bridgehead atoms. The number of nitrogens with one attached hydrogen (secondary N) is 2. The van der Waals surface area contributed by atoms with E-state index in [-0.39, 0.29) is 0 Å². The lowest BCUT2D eigenvalue weighted by atomic mass is 10.4. The van der Waals surface area contributed by atoms with Crippen LogP contribution in [0.2, 0.25) is 0 Å². The molecule has 0 aliphatic carbocycles. The second-order valence-corrected chi connectivity index (χ2v) is 4.34. The average Bonchev–Trinajstić information content (AvgIpc) is 2.18. The number of thioether (sulfide) groups is 1. The molecule has 1 heterocycles. The topological polar surface area (TPSA) is 62.7 Å². The van der Waals surface area contributed by atoms with E-state index in [0.717, 1.165) is 12.3 Å². The van der Waals surface area contributed by atoms with Crippen molar-refractivity contribution >= 4 is 23.7 Å². The Morgan fingerprint density at radius 3 is 2.73 bits per heavy atom. The highest BCUT2D eigenvalue weighted by Gasteiger charge is 2.00. The second-order valence-electron chi connectivity index (χ2n) is 3.35. The number of hydrogen-bond acceptors (Lipinski definition) is 6.